The van der Waals surface area contributed by atoms with E-state index >= 15 is 0 Å². The number of nitrogens with one attached hydrogen (secondary N) is 2. The van der Waals surface area contributed by atoms with Gasteiger partial charge in [0.15, 0.2) is 0 Å². The molecule has 4 heteroatoms. The summed E-state index contributed by atoms with van der Waals surface area (Å²) < 4.78 is 0. The Bertz CT molecular complexity index is 213. The maximum atomic E-state index is 5.39. The van der Waals surface area contributed by atoms with Crippen molar-refractivity contribution in [3.8, 4) is 0 Å². The lowest BCUT2D eigenvalue weighted by Gasteiger charge is -2.34. The summed E-state index contributed by atoms with van der Waals surface area (Å²) in [5.74, 6) is 6.05. The van der Waals surface area contributed by atoms with Gasteiger partial charge < -0.3 is 5.32 Å². The zero-order valence-corrected chi connectivity index (χ0v) is 10.9. The van der Waals surface area contributed by atoms with Crippen LogP contribution in [0.1, 0.15) is 48.0 Å². The van der Waals surface area contributed by atoms with Crippen molar-refractivity contribution in [2.24, 2.45) is 16.3 Å². The molecule has 0 atom stereocenters. The minimum atomic E-state index is -0.0153. The van der Waals surface area contributed by atoms with E-state index in [9.17, 15) is 0 Å². The minimum Gasteiger partial charge on any atom is -0.350 e. The van der Waals surface area contributed by atoms with Crippen molar-refractivity contribution >= 4 is 5.96 Å². The molecular formula is C11H26N4. The first-order chi connectivity index (χ1) is 6.70. The molecule has 0 radical (unpaired) electrons. The number of hydrogen-bond donors (Lipinski definition) is 3. The molecule has 0 saturated carbocycles. The number of aliphatic imine (C=N–C) groups is 1. The third-order valence-corrected chi connectivity index (χ3v) is 1.88. The second kappa shape index (κ2) is 5.35. The molecule has 4 nitrogen and oxygen atoms in total. The van der Waals surface area contributed by atoms with Gasteiger partial charge in [-0.25, -0.2) is 5.84 Å². The van der Waals surface area contributed by atoms with Crippen LogP contribution in [0.15, 0.2) is 4.99 Å². The Morgan fingerprint density at radius 1 is 1.20 bits per heavy atom. The lowest BCUT2D eigenvalue weighted by Crippen LogP contribution is -2.52. The summed E-state index contributed by atoms with van der Waals surface area (Å²) >= 11 is 0. The quantitative estimate of drug-likeness (QED) is 0.289. The second-order valence-corrected chi connectivity index (χ2v) is 5.71. The Labute approximate surface area is 93.7 Å². The highest BCUT2D eigenvalue weighted by Crippen LogP contribution is 2.26. The van der Waals surface area contributed by atoms with Gasteiger partial charge in [-0.3, -0.25) is 10.4 Å². The largest absolute Gasteiger partial charge is 0.350 e. The van der Waals surface area contributed by atoms with Crippen molar-refractivity contribution in [1.82, 2.24) is 10.7 Å². The van der Waals surface area contributed by atoms with Gasteiger partial charge in [0.2, 0.25) is 5.96 Å². The number of nitrogens with two attached hydrogens (primary N) is 1. The number of nitrogens with zero attached hydrogens (tertiary/aromatic N) is 1. The second-order valence-electron chi connectivity index (χ2n) is 5.71. The van der Waals surface area contributed by atoms with Crippen molar-refractivity contribution < 1.29 is 0 Å². The smallest absolute Gasteiger partial charge is 0.206 e. The highest BCUT2D eigenvalue weighted by molar-refractivity contribution is 5.79. The van der Waals surface area contributed by atoms with E-state index in [1.165, 1.54) is 0 Å². The number of hydrazine groups is 1. The van der Waals surface area contributed by atoms with Crippen molar-refractivity contribution in [2.45, 2.75) is 53.5 Å². The Balaban J connectivity index is 4.41. The molecule has 90 valence electrons. The molecule has 0 bridgehead atoms. The first kappa shape index (κ1) is 14.2. The van der Waals surface area contributed by atoms with Crippen LogP contribution in [-0.2, 0) is 0 Å². The molecule has 0 heterocycles. The van der Waals surface area contributed by atoms with Crippen LogP contribution in [0.5, 0.6) is 0 Å². The number of rotatable bonds is 3. The van der Waals surface area contributed by atoms with E-state index in [4.69, 9.17) is 5.84 Å². The summed E-state index contributed by atoms with van der Waals surface area (Å²) in [6.45, 7) is 13.7. The lowest BCUT2D eigenvalue weighted by atomic mass is 9.82. The van der Waals surface area contributed by atoms with Crippen LogP contribution in [-0.4, -0.2) is 18.0 Å². The highest BCUT2D eigenvalue weighted by Gasteiger charge is 2.25. The summed E-state index contributed by atoms with van der Waals surface area (Å²) in [6, 6.07) is 0. The summed E-state index contributed by atoms with van der Waals surface area (Å²) in [7, 11) is 0. The maximum absolute atomic E-state index is 5.39. The van der Waals surface area contributed by atoms with Crippen LogP contribution in [0.2, 0.25) is 0 Å². The van der Waals surface area contributed by atoms with E-state index in [-0.39, 0.29) is 11.0 Å². The molecule has 0 aromatic rings. The van der Waals surface area contributed by atoms with E-state index in [0.717, 1.165) is 13.0 Å². The monoisotopic (exact) mass is 214 g/mol. The van der Waals surface area contributed by atoms with Gasteiger partial charge >= 0.3 is 0 Å². The zero-order valence-electron chi connectivity index (χ0n) is 10.9. The standard InChI is InChI=1S/C11H26N4/c1-7-13-9(15-12)14-11(5,6)8-10(2,3)4/h7-8,12H2,1-6H3,(H2,13,14,15). The van der Waals surface area contributed by atoms with Gasteiger partial charge in [0.1, 0.15) is 0 Å². The van der Waals surface area contributed by atoms with Crippen LogP contribution in [0.25, 0.3) is 0 Å². The Morgan fingerprint density at radius 3 is 2.07 bits per heavy atom. The average molecular weight is 214 g/mol. The summed E-state index contributed by atoms with van der Waals surface area (Å²) in [5, 5.41) is 3.31. The molecule has 4 N–H and O–H groups in total. The lowest BCUT2D eigenvalue weighted by molar-refractivity contribution is 0.265. The molecule has 0 aromatic carbocycles. The van der Waals surface area contributed by atoms with Gasteiger partial charge in [-0.1, -0.05) is 20.8 Å². The molecule has 0 aliphatic rings. The van der Waals surface area contributed by atoms with Gasteiger partial charge in [0.25, 0.3) is 0 Å². The van der Waals surface area contributed by atoms with Crippen molar-refractivity contribution in [1.29, 1.82) is 0 Å². The number of hydrogen-bond acceptors (Lipinski definition) is 2. The summed E-state index contributed by atoms with van der Waals surface area (Å²) in [5.41, 5.74) is 2.85. The van der Waals surface area contributed by atoms with Gasteiger partial charge in [0, 0.05) is 12.1 Å². The Hall–Kier alpha value is -0.770. The summed E-state index contributed by atoms with van der Waals surface area (Å²) in [6.07, 6.45) is 1.05. The molecule has 0 rings (SSSR count). The van der Waals surface area contributed by atoms with Crippen LogP contribution < -0.4 is 16.6 Å². The van der Waals surface area contributed by atoms with Gasteiger partial charge in [-0.15, -0.1) is 0 Å². The molecular weight excluding hydrogens is 188 g/mol. The molecule has 0 aliphatic heterocycles. The average Bonchev–Trinajstić information content (AvgIpc) is 1.98. The normalized spacial score (nSPS) is 13.9. The van der Waals surface area contributed by atoms with Crippen molar-refractivity contribution in [3.63, 3.8) is 0 Å². The Kier molecular flexibility index (Phi) is 5.08. The predicted molar refractivity (Wildman–Crippen MR) is 66.6 cm³/mol. The molecule has 0 unspecified atom stereocenters. The van der Waals surface area contributed by atoms with Gasteiger partial charge in [0.05, 0.1) is 0 Å². The molecule has 0 spiro atoms. The van der Waals surface area contributed by atoms with E-state index in [1.54, 1.807) is 0 Å². The topological polar surface area (TPSA) is 62.4 Å². The third-order valence-electron chi connectivity index (χ3n) is 1.88. The first-order valence-electron chi connectivity index (χ1n) is 5.49. The maximum Gasteiger partial charge on any atom is 0.206 e. The van der Waals surface area contributed by atoms with E-state index in [1.807, 2.05) is 6.92 Å². The van der Waals surface area contributed by atoms with Crippen LogP contribution in [0.3, 0.4) is 0 Å². The number of guanidine groups is 1. The van der Waals surface area contributed by atoms with Crippen LogP contribution in [0, 0.1) is 5.41 Å². The fourth-order valence-electron chi connectivity index (χ4n) is 1.97. The van der Waals surface area contributed by atoms with E-state index in [2.05, 4.69) is 50.4 Å². The van der Waals surface area contributed by atoms with Crippen LogP contribution in [0.4, 0.5) is 0 Å². The zero-order chi connectivity index (χ0) is 12.1. The molecule has 15 heavy (non-hydrogen) atoms. The van der Waals surface area contributed by atoms with Gasteiger partial charge in [-0.2, -0.15) is 0 Å². The van der Waals surface area contributed by atoms with Gasteiger partial charge in [-0.05, 0) is 32.6 Å². The predicted octanol–water partition coefficient (Wildman–Crippen LogP) is 1.63. The van der Waals surface area contributed by atoms with Crippen LogP contribution >= 0.6 is 0 Å². The van der Waals surface area contributed by atoms with Crippen molar-refractivity contribution in [3.05, 3.63) is 0 Å². The van der Waals surface area contributed by atoms with E-state index < -0.39 is 0 Å². The Morgan fingerprint density at radius 2 is 1.73 bits per heavy atom. The third kappa shape index (κ3) is 7.19. The first-order valence-corrected chi connectivity index (χ1v) is 5.49. The molecule has 0 saturated heterocycles. The minimum absolute atomic E-state index is 0.0153. The molecule has 0 aliphatic carbocycles. The SMILES string of the molecule is CCN=C(NN)NC(C)(C)CC(C)(C)C. The van der Waals surface area contributed by atoms with Crippen molar-refractivity contribution in [2.75, 3.05) is 6.54 Å². The molecule has 0 amide bonds. The fraction of sp³-hybridized carbons (Fsp3) is 0.909. The highest BCUT2D eigenvalue weighted by atomic mass is 15.3. The summed E-state index contributed by atoms with van der Waals surface area (Å²) in [4.78, 5) is 4.23. The fourth-order valence-corrected chi connectivity index (χ4v) is 1.97. The van der Waals surface area contributed by atoms with E-state index in [0.29, 0.717) is 5.96 Å². The molecule has 0 aromatic heterocycles. The molecule has 0 fully saturated rings.